The normalized spacial score (nSPS) is 14.6. The molecule has 2 saturated heterocycles. The maximum atomic E-state index is 13.5. The Hall–Kier alpha value is -5.87. The van der Waals surface area contributed by atoms with Crippen LogP contribution in [-0.4, -0.2) is 86.0 Å². The summed E-state index contributed by atoms with van der Waals surface area (Å²) in [6.45, 7) is 13.9. The van der Waals surface area contributed by atoms with Gasteiger partial charge in [-0.25, -0.2) is 33.7 Å². The Bertz CT molecular complexity index is 3210. The fraction of sp³-hybridized carbons (Fsp3) is 0.280. The van der Waals surface area contributed by atoms with Crippen LogP contribution < -0.4 is 39.3 Å². The predicted molar refractivity (Wildman–Crippen MR) is 287 cm³/mol. The SMILES string of the molecule is Cc1cc(C)c(S(=O)(=O)Nc2ccc(N3CCCNCC3)cc2NS(=O)(=O)c2ccccc2)c(C)c1.Cc1ccc(S(=O)(=O)Nc2ccc(N3CCCNCC3)cc2NS(=O)(=O)c2ccccc2)cc1.Cl. The second-order valence-corrected chi connectivity index (χ2v) is 23.9. The van der Waals surface area contributed by atoms with Crippen LogP contribution in [0.2, 0.25) is 0 Å². The molecule has 71 heavy (non-hydrogen) atoms. The first-order valence-corrected chi connectivity index (χ1v) is 28.8. The number of hydrogen-bond acceptors (Lipinski definition) is 12. The van der Waals surface area contributed by atoms with Crippen molar-refractivity contribution >= 4 is 86.6 Å². The first-order valence-electron chi connectivity index (χ1n) is 22.9. The van der Waals surface area contributed by atoms with Crippen LogP contribution in [0.4, 0.5) is 34.1 Å². The number of benzene rings is 6. The molecule has 6 aromatic rings. The Morgan fingerprint density at radius 1 is 0.394 bits per heavy atom. The summed E-state index contributed by atoms with van der Waals surface area (Å²) in [5.41, 5.74) is 5.42. The van der Waals surface area contributed by atoms with Gasteiger partial charge in [-0.2, -0.15) is 0 Å². The maximum Gasteiger partial charge on any atom is 0.262 e. The van der Waals surface area contributed by atoms with Crippen molar-refractivity contribution in [1.82, 2.24) is 10.6 Å². The number of sulfonamides is 4. The monoisotopic (exact) mass is 1060 g/mol. The summed E-state index contributed by atoms with van der Waals surface area (Å²) in [6.07, 6.45) is 1.90. The van der Waals surface area contributed by atoms with Gasteiger partial charge in [0.15, 0.2) is 0 Å². The third-order valence-electron chi connectivity index (χ3n) is 11.7. The molecule has 2 aliphatic rings. The summed E-state index contributed by atoms with van der Waals surface area (Å²) in [4.78, 5) is 4.77. The molecule has 380 valence electrons. The van der Waals surface area contributed by atoms with Gasteiger partial charge in [-0.15, -0.1) is 12.4 Å². The molecule has 0 unspecified atom stereocenters. The second-order valence-electron chi connectivity index (χ2n) is 17.2. The molecule has 0 bridgehead atoms. The summed E-state index contributed by atoms with van der Waals surface area (Å²) < 4.78 is 116. The topological polar surface area (TPSA) is 215 Å². The molecule has 2 aliphatic heterocycles. The van der Waals surface area contributed by atoms with E-state index in [-0.39, 0.29) is 54.7 Å². The smallest absolute Gasteiger partial charge is 0.262 e. The highest BCUT2D eigenvalue weighted by Crippen LogP contribution is 2.35. The number of anilines is 6. The molecular formula is C50H61ClN8O8S4. The van der Waals surface area contributed by atoms with Gasteiger partial charge >= 0.3 is 0 Å². The third kappa shape index (κ3) is 14.2. The number of rotatable bonds is 14. The molecule has 6 N–H and O–H groups in total. The average Bonchev–Trinajstić information content (AvgIpc) is 3.77. The number of nitrogens with one attached hydrogen (secondary N) is 6. The molecule has 2 fully saturated rings. The molecule has 0 atom stereocenters. The van der Waals surface area contributed by atoms with Crippen LogP contribution in [0.25, 0.3) is 0 Å². The largest absolute Gasteiger partial charge is 0.370 e. The average molecular weight is 1070 g/mol. The summed E-state index contributed by atoms with van der Waals surface area (Å²) in [7, 11) is -15.8. The van der Waals surface area contributed by atoms with E-state index < -0.39 is 40.1 Å². The van der Waals surface area contributed by atoms with Crippen LogP contribution in [0.1, 0.15) is 35.1 Å². The van der Waals surface area contributed by atoms with Crippen LogP contribution >= 0.6 is 12.4 Å². The van der Waals surface area contributed by atoms with Crippen molar-refractivity contribution in [3.8, 4) is 0 Å². The number of halogens is 1. The van der Waals surface area contributed by atoms with Crippen LogP contribution in [0, 0.1) is 27.7 Å². The van der Waals surface area contributed by atoms with Gasteiger partial charge in [0.1, 0.15) is 0 Å². The van der Waals surface area contributed by atoms with Crippen LogP contribution in [-0.2, 0) is 40.1 Å². The van der Waals surface area contributed by atoms with E-state index in [0.29, 0.717) is 11.1 Å². The van der Waals surface area contributed by atoms with Crippen molar-refractivity contribution in [3.63, 3.8) is 0 Å². The molecule has 0 aromatic heterocycles. The van der Waals surface area contributed by atoms with Gasteiger partial charge in [0.2, 0.25) is 0 Å². The predicted octanol–water partition coefficient (Wildman–Crippen LogP) is 7.83. The van der Waals surface area contributed by atoms with E-state index in [9.17, 15) is 33.7 Å². The van der Waals surface area contributed by atoms with Crippen LogP contribution in [0.5, 0.6) is 0 Å². The molecule has 0 saturated carbocycles. The van der Waals surface area contributed by atoms with Gasteiger partial charge in [-0.3, -0.25) is 18.9 Å². The molecular weight excluding hydrogens is 1000 g/mol. The maximum absolute atomic E-state index is 13.5. The van der Waals surface area contributed by atoms with E-state index >= 15 is 0 Å². The second kappa shape index (κ2) is 23.6. The van der Waals surface area contributed by atoms with Crippen molar-refractivity contribution in [2.45, 2.75) is 60.1 Å². The highest BCUT2D eigenvalue weighted by molar-refractivity contribution is 7.94. The zero-order valence-corrected chi connectivity index (χ0v) is 44.1. The Labute approximate surface area is 425 Å². The molecule has 16 nitrogen and oxygen atoms in total. The number of nitrogens with zero attached hydrogens (tertiary/aromatic N) is 2. The number of aryl methyl sites for hydroxylation is 4. The van der Waals surface area contributed by atoms with Crippen molar-refractivity contribution < 1.29 is 33.7 Å². The van der Waals surface area contributed by atoms with E-state index in [1.165, 1.54) is 36.4 Å². The third-order valence-corrected chi connectivity index (χ3v) is 17.5. The fourth-order valence-corrected chi connectivity index (χ4v) is 13.1. The minimum atomic E-state index is -3.99. The summed E-state index contributed by atoms with van der Waals surface area (Å²) in [5, 5.41) is 6.69. The van der Waals surface area contributed by atoms with E-state index in [2.05, 4.69) is 39.3 Å². The lowest BCUT2D eigenvalue weighted by Crippen LogP contribution is -2.28. The quantitative estimate of drug-likeness (QED) is 0.0616. The van der Waals surface area contributed by atoms with Gasteiger partial charge in [0, 0.05) is 50.6 Å². The molecule has 6 aromatic carbocycles. The first kappa shape index (κ1) is 54.5. The highest BCUT2D eigenvalue weighted by atomic mass is 35.5. The van der Waals surface area contributed by atoms with Crippen molar-refractivity contribution in [2.24, 2.45) is 0 Å². The first-order chi connectivity index (χ1) is 33.3. The zero-order valence-electron chi connectivity index (χ0n) is 40.0. The summed E-state index contributed by atoms with van der Waals surface area (Å²) >= 11 is 0. The van der Waals surface area contributed by atoms with Crippen LogP contribution in [0.15, 0.2) is 153 Å². The zero-order chi connectivity index (χ0) is 50.1. The van der Waals surface area contributed by atoms with E-state index in [1.807, 2.05) is 32.0 Å². The van der Waals surface area contributed by atoms with E-state index in [0.717, 1.165) is 87.7 Å². The van der Waals surface area contributed by atoms with Crippen molar-refractivity contribution in [1.29, 1.82) is 0 Å². The van der Waals surface area contributed by atoms with Crippen molar-refractivity contribution in [2.75, 3.05) is 81.0 Å². The highest BCUT2D eigenvalue weighted by Gasteiger charge is 2.25. The van der Waals surface area contributed by atoms with Gasteiger partial charge in [-0.1, -0.05) is 71.8 Å². The molecule has 0 amide bonds. The van der Waals surface area contributed by atoms with E-state index in [4.69, 9.17) is 0 Å². The van der Waals surface area contributed by atoms with Gasteiger partial charge in [0.05, 0.1) is 42.3 Å². The van der Waals surface area contributed by atoms with Gasteiger partial charge < -0.3 is 20.4 Å². The Balaban J connectivity index is 0.000000230. The minimum Gasteiger partial charge on any atom is -0.370 e. The lowest BCUT2D eigenvalue weighted by Gasteiger charge is -2.24. The molecule has 8 rings (SSSR count). The van der Waals surface area contributed by atoms with Crippen molar-refractivity contribution in [3.05, 3.63) is 156 Å². The van der Waals surface area contributed by atoms with E-state index in [1.54, 1.807) is 92.7 Å². The van der Waals surface area contributed by atoms with Gasteiger partial charge in [-0.05, 0) is 138 Å². The Morgan fingerprint density at radius 2 is 0.775 bits per heavy atom. The summed E-state index contributed by atoms with van der Waals surface area (Å²) in [6, 6.07) is 36.3. The molecule has 0 spiro atoms. The molecule has 2 heterocycles. The minimum absolute atomic E-state index is 0. The lowest BCUT2D eigenvalue weighted by atomic mass is 10.1. The summed E-state index contributed by atoms with van der Waals surface area (Å²) in [5.74, 6) is 0. The van der Waals surface area contributed by atoms with Gasteiger partial charge in [0.25, 0.3) is 40.1 Å². The molecule has 0 aliphatic carbocycles. The fourth-order valence-electron chi connectivity index (χ4n) is 8.33. The lowest BCUT2D eigenvalue weighted by molar-refractivity contribution is 0.598. The molecule has 21 heteroatoms. The molecule has 0 radical (unpaired) electrons. The Kier molecular flexibility index (Phi) is 18.1. The standard InChI is InChI=1S/C26H32N4O4S2.C24H28N4O4S2.ClH/c1-19-16-20(2)26(21(3)17-19)36(33,34)28-24-11-10-22(30-14-7-12-27-13-15-30)18-25(24)29-35(31,32)23-8-5-4-6-9-23;1-19-8-11-22(12-9-19)34(31,32)26-23-13-10-20(28-16-5-14-25-15-17-28)18-24(23)27-33(29,30)21-6-3-2-4-7-21;/h4-6,8-11,16-18,27-29H,7,12-15H2,1-3H3;2-4,6-13,18,25-27H,5,14-17H2,1H3;1H. The van der Waals surface area contributed by atoms with Crippen LogP contribution in [0.3, 0.4) is 0 Å². The number of hydrogen-bond donors (Lipinski definition) is 6. The Morgan fingerprint density at radius 3 is 1.20 bits per heavy atom.